The lowest BCUT2D eigenvalue weighted by Crippen LogP contribution is -2.23. The summed E-state index contributed by atoms with van der Waals surface area (Å²) in [5.41, 5.74) is 2.82. The molecule has 31 heavy (non-hydrogen) atoms. The van der Waals surface area contributed by atoms with Crippen LogP contribution in [-0.4, -0.2) is 29.0 Å². The Hall–Kier alpha value is -3.82. The molecule has 0 aliphatic heterocycles. The van der Waals surface area contributed by atoms with E-state index in [-0.39, 0.29) is 0 Å². The molecule has 1 aromatic heterocycles. The lowest BCUT2D eigenvalue weighted by molar-refractivity contribution is -0.141. The average Bonchev–Trinajstić information content (AvgIpc) is 3.22. The van der Waals surface area contributed by atoms with Gasteiger partial charge in [0.1, 0.15) is 13.2 Å². The number of hydrazone groups is 1. The number of amides is 1. The van der Waals surface area contributed by atoms with E-state index >= 15 is 0 Å². The van der Waals surface area contributed by atoms with Crippen molar-refractivity contribution in [2.24, 2.45) is 5.10 Å². The van der Waals surface area contributed by atoms with Gasteiger partial charge >= 0.3 is 6.18 Å². The van der Waals surface area contributed by atoms with Crippen molar-refractivity contribution in [2.75, 3.05) is 7.11 Å². The number of methoxy groups -OCH3 is 1. The van der Waals surface area contributed by atoms with Crippen LogP contribution in [0, 0.1) is 0 Å². The van der Waals surface area contributed by atoms with Crippen LogP contribution < -0.4 is 14.9 Å². The first-order valence-corrected chi connectivity index (χ1v) is 9.12. The Balaban J connectivity index is 1.55. The minimum absolute atomic E-state index is 0.379. The highest BCUT2D eigenvalue weighted by atomic mass is 19.4. The van der Waals surface area contributed by atoms with Crippen LogP contribution >= 0.6 is 0 Å². The maximum Gasteiger partial charge on any atom is 0.435 e. The first-order valence-electron chi connectivity index (χ1n) is 9.12. The summed E-state index contributed by atoms with van der Waals surface area (Å²) in [6, 6.07) is 15.6. The number of carbonyl (C=O) groups is 1. The molecule has 1 heterocycles. The first kappa shape index (κ1) is 21.9. The first-order chi connectivity index (χ1) is 14.8. The summed E-state index contributed by atoms with van der Waals surface area (Å²) >= 11 is 0. The quantitative estimate of drug-likeness (QED) is 0.436. The highest BCUT2D eigenvalue weighted by Crippen LogP contribution is 2.28. The summed E-state index contributed by atoms with van der Waals surface area (Å²) in [6.07, 6.45) is -2.10. The standard InChI is InChI=1S/C21H19F3N4O3/c1-30-18-11-16(7-8-17(18)31-14-15-5-3-2-4-6-15)12-25-26-20(29)13-28-10-9-19(27-28)21(22,23)24/h2-12H,13-14H2,1H3,(H,26,29)/b25-12+. The van der Waals surface area contributed by atoms with Crippen molar-refractivity contribution in [1.82, 2.24) is 15.2 Å². The van der Waals surface area contributed by atoms with Gasteiger partial charge in [-0.2, -0.15) is 23.4 Å². The predicted octanol–water partition coefficient (Wildman–Crippen LogP) is 3.64. The number of rotatable bonds is 8. The number of carbonyl (C=O) groups excluding carboxylic acids is 1. The molecule has 0 fully saturated rings. The van der Waals surface area contributed by atoms with Gasteiger partial charge in [0.05, 0.1) is 13.3 Å². The zero-order valence-corrected chi connectivity index (χ0v) is 16.5. The smallest absolute Gasteiger partial charge is 0.435 e. The van der Waals surface area contributed by atoms with Crippen molar-refractivity contribution in [1.29, 1.82) is 0 Å². The van der Waals surface area contributed by atoms with Gasteiger partial charge in [0.2, 0.25) is 0 Å². The molecule has 3 aromatic rings. The van der Waals surface area contributed by atoms with E-state index in [1.165, 1.54) is 13.3 Å². The van der Waals surface area contributed by atoms with Gasteiger partial charge in [0, 0.05) is 6.20 Å². The Morgan fingerprint density at radius 2 is 1.94 bits per heavy atom. The fourth-order valence-corrected chi connectivity index (χ4v) is 2.58. The summed E-state index contributed by atoms with van der Waals surface area (Å²) < 4.78 is 49.6. The third-order valence-corrected chi connectivity index (χ3v) is 4.06. The maximum atomic E-state index is 12.5. The second-order valence-electron chi connectivity index (χ2n) is 6.37. The van der Waals surface area contributed by atoms with E-state index in [0.29, 0.717) is 23.7 Å². The summed E-state index contributed by atoms with van der Waals surface area (Å²) in [7, 11) is 1.51. The second kappa shape index (κ2) is 9.79. The zero-order valence-electron chi connectivity index (χ0n) is 16.5. The monoisotopic (exact) mass is 432 g/mol. The molecule has 0 radical (unpaired) electrons. The summed E-state index contributed by atoms with van der Waals surface area (Å²) in [5, 5.41) is 7.12. The number of nitrogens with one attached hydrogen (secondary N) is 1. The molecule has 1 N–H and O–H groups in total. The topological polar surface area (TPSA) is 77.7 Å². The van der Waals surface area contributed by atoms with Gasteiger partial charge in [-0.15, -0.1) is 0 Å². The van der Waals surface area contributed by atoms with Crippen LogP contribution in [0.5, 0.6) is 11.5 Å². The van der Waals surface area contributed by atoms with Crippen molar-refractivity contribution in [3.63, 3.8) is 0 Å². The van der Waals surface area contributed by atoms with Gasteiger partial charge in [0.25, 0.3) is 5.91 Å². The van der Waals surface area contributed by atoms with Gasteiger partial charge in [-0.3, -0.25) is 9.48 Å². The summed E-state index contributed by atoms with van der Waals surface area (Å²) in [4.78, 5) is 11.8. The molecule has 0 saturated heterocycles. The van der Waals surface area contributed by atoms with Crippen LogP contribution in [-0.2, 0) is 24.1 Å². The number of hydrogen-bond donors (Lipinski definition) is 1. The minimum Gasteiger partial charge on any atom is -0.493 e. The molecule has 1 amide bonds. The Labute approximate surface area is 176 Å². The van der Waals surface area contributed by atoms with E-state index in [1.807, 2.05) is 30.3 Å². The normalized spacial score (nSPS) is 11.5. The highest BCUT2D eigenvalue weighted by Gasteiger charge is 2.33. The van der Waals surface area contributed by atoms with Crippen LogP contribution in [0.2, 0.25) is 0 Å². The fraction of sp³-hybridized carbons (Fsp3) is 0.190. The number of nitrogens with zero attached hydrogens (tertiary/aromatic N) is 3. The molecule has 2 aromatic carbocycles. The number of ether oxygens (including phenoxy) is 2. The number of benzene rings is 2. The molecular weight excluding hydrogens is 413 g/mol. The molecule has 162 valence electrons. The molecular formula is C21H19F3N4O3. The van der Waals surface area contributed by atoms with E-state index < -0.39 is 24.3 Å². The van der Waals surface area contributed by atoms with Crippen molar-refractivity contribution in [3.05, 3.63) is 77.6 Å². The zero-order chi connectivity index (χ0) is 22.3. The summed E-state index contributed by atoms with van der Waals surface area (Å²) in [5.74, 6) is 0.414. The van der Waals surface area contributed by atoms with Crippen molar-refractivity contribution >= 4 is 12.1 Å². The lowest BCUT2D eigenvalue weighted by Gasteiger charge is -2.11. The molecule has 0 saturated carbocycles. The molecule has 7 nitrogen and oxygen atoms in total. The van der Waals surface area contributed by atoms with Crippen molar-refractivity contribution in [2.45, 2.75) is 19.3 Å². The van der Waals surface area contributed by atoms with E-state index in [9.17, 15) is 18.0 Å². The van der Waals surface area contributed by atoms with Gasteiger partial charge in [-0.1, -0.05) is 30.3 Å². The molecule has 0 atom stereocenters. The van der Waals surface area contributed by atoms with E-state index in [1.54, 1.807) is 18.2 Å². The van der Waals surface area contributed by atoms with Gasteiger partial charge in [-0.05, 0) is 35.4 Å². The van der Waals surface area contributed by atoms with Crippen LogP contribution in [0.1, 0.15) is 16.8 Å². The summed E-state index contributed by atoms with van der Waals surface area (Å²) in [6.45, 7) is -0.0207. The fourth-order valence-electron chi connectivity index (χ4n) is 2.58. The number of aromatic nitrogens is 2. The molecule has 0 aliphatic rings. The molecule has 0 unspecified atom stereocenters. The number of hydrogen-bond acceptors (Lipinski definition) is 5. The van der Waals surface area contributed by atoms with Gasteiger partial charge in [-0.25, -0.2) is 5.43 Å². The Kier molecular flexibility index (Phi) is 6.91. The predicted molar refractivity (Wildman–Crippen MR) is 107 cm³/mol. The van der Waals surface area contributed by atoms with Gasteiger partial charge in [0.15, 0.2) is 17.2 Å². The van der Waals surface area contributed by atoms with E-state index in [0.717, 1.165) is 22.5 Å². The molecule has 0 aliphatic carbocycles. The molecule has 0 bridgehead atoms. The highest BCUT2D eigenvalue weighted by molar-refractivity contribution is 5.83. The van der Waals surface area contributed by atoms with Crippen LogP contribution in [0.25, 0.3) is 0 Å². The minimum atomic E-state index is -4.56. The molecule has 10 heteroatoms. The third-order valence-electron chi connectivity index (χ3n) is 4.06. The molecule has 0 spiro atoms. The largest absolute Gasteiger partial charge is 0.493 e. The SMILES string of the molecule is COc1cc(/C=N/NC(=O)Cn2ccc(C(F)(F)F)n2)ccc1OCc1ccccc1. The Morgan fingerprint density at radius 1 is 1.16 bits per heavy atom. The third kappa shape index (κ3) is 6.33. The van der Waals surface area contributed by atoms with Crippen LogP contribution in [0.15, 0.2) is 65.9 Å². The van der Waals surface area contributed by atoms with Crippen LogP contribution in [0.4, 0.5) is 13.2 Å². The van der Waals surface area contributed by atoms with Crippen LogP contribution in [0.3, 0.4) is 0 Å². The number of alkyl halides is 3. The van der Waals surface area contributed by atoms with Crippen molar-refractivity contribution < 1.29 is 27.4 Å². The van der Waals surface area contributed by atoms with E-state index in [4.69, 9.17) is 9.47 Å². The lowest BCUT2D eigenvalue weighted by atomic mass is 10.2. The van der Waals surface area contributed by atoms with Gasteiger partial charge < -0.3 is 9.47 Å². The number of halogens is 3. The molecule has 3 rings (SSSR count). The van der Waals surface area contributed by atoms with E-state index in [2.05, 4.69) is 15.6 Å². The second-order valence-corrected chi connectivity index (χ2v) is 6.37. The average molecular weight is 432 g/mol. The van der Waals surface area contributed by atoms with Crippen molar-refractivity contribution in [3.8, 4) is 11.5 Å². The Bertz CT molecular complexity index is 1050. The maximum absolute atomic E-state index is 12.5. The Morgan fingerprint density at radius 3 is 2.61 bits per heavy atom.